The fourth-order valence-electron chi connectivity index (χ4n) is 3.31. The van der Waals surface area contributed by atoms with E-state index in [0.29, 0.717) is 12.1 Å². The fraction of sp³-hybridized carbons (Fsp3) is 0.423. The molecule has 0 spiro atoms. The minimum atomic E-state index is -0.466. The Labute approximate surface area is 190 Å². The number of nitro groups is 1. The number of nitrogens with zero attached hydrogens (tertiary/aromatic N) is 1. The molecule has 172 valence electrons. The number of rotatable bonds is 11. The van der Waals surface area contributed by atoms with E-state index in [0.717, 1.165) is 49.7 Å². The normalized spacial score (nSPS) is 11.5. The third-order valence-electron chi connectivity index (χ3n) is 4.83. The summed E-state index contributed by atoms with van der Waals surface area (Å²) in [4.78, 5) is 22.8. The summed E-state index contributed by atoms with van der Waals surface area (Å²) in [5, 5.41) is 14.3. The van der Waals surface area contributed by atoms with Crippen LogP contribution in [0.5, 0.6) is 0 Å². The summed E-state index contributed by atoms with van der Waals surface area (Å²) >= 11 is 0. The van der Waals surface area contributed by atoms with Gasteiger partial charge in [-0.3, -0.25) is 10.1 Å². The van der Waals surface area contributed by atoms with Gasteiger partial charge in [-0.15, -0.1) is 0 Å². The molecule has 0 atom stereocenters. The average Bonchev–Trinajstić information content (AvgIpc) is 2.74. The summed E-state index contributed by atoms with van der Waals surface area (Å²) in [6, 6.07) is 14.8. The molecule has 6 heteroatoms. The highest BCUT2D eigenvalue weighted by molar-refractivity contribution is 5.75. The number of amides is 1. The quantitative estimate of drug-likeness (QED) is 0.230. The van der Waals surface area contributed by atoms with E-state index in [2.05, 4.69) is 11.4 Å². The topological polar surface area (TPSA) is 81.5 Å². The number of allylic oxidation sites excluding steroid dienone is 1. The van der Waals surface area contributed by atoms with Crippen LogP contribution in [0.4, 0.5) is 10.5 Å². The molecule has 0 aliphatic carbocycles. The Morgan fingerprint density at radius 3 is 2.41 bits per heavy atom. The second-order valence-corrected chi connectivity index (χ2v) is 8.79. The van der Waals surface area contributed by atoms with Crippen molar-refractivity contribution in [2.24, 2.45) is 0 Å². The van der Waals surface area contributed by atoms with Gasteiger partial charge in [-0.25, -0.2) is 4.79 Å². The molecule has 2 aromatic rings. The smallest absolute Gasteiger partial charge is 0.407 e. The van der Waals surface area contributed by atoms with Crippen LogP contribution in [0.2, 0.25) is 0 Å². The van der Waals surface area contributed by atoms with Crippen LogP contribution in [-0.2, 0) is 4.74 Å². The van der Waals surface area contributed by atoms with Crippen molar-refractivity contribution in [3.05, 3.63) is 70.3 Å². The molecule has 0 radical (unpaired) electrons. The minimum Gasteiger partial charge on any atom is -0.444 e. The summed E-state index contributed by atoms with van der Waals surface area (Å²) in [6.45, 7) is 6.18. The molecule has 2 aromatic carbocycles. The van der Waals surface area contributed by atoms with Crippen LogP contribution in [0.15, 0.2) is 54.6 Å². The monoisotopic (exact) mass is 438 g/mol. The molecule has 0 bridgehead atoms. The Balaban J connectivity index is 1.68. The largest absolute Gasteiger partial charge is 0.444 e. The molecule has 6 nitrogen and oxygen atoms in total. The minimum absolute atomic E-state index is 0.123. The standard InChI is InChI=1S/C26H34N2O4/c1-26(2,3)32-25(29)27-19-13-8-6-4-5-7-10-14-21-17-18-23(24(20-21)28(30)31)22-15-11-9-12-16-22/h9-12,14-18,20H,4-8,13,19H2,1-3H3,(H,27,29). The maximum atomic E-state index is 11.6. The van der Waals surface area contributed by atoms with Gasteiger partial charge in [0, 0.05) is 12.6 Å². The Hall–Kier alpha value is -3.15. The van der Waals surface area contributed by atoms with E-state index < -0.39 is 5.60 Å². The van der Waals surface area contributed by atoms with Crippen molar-refractivity contribution in [3.63, 3.8) is 0 Å². The van der Waals surface area contributed by atoms with Crippen LogP contribution in [0, 0.1) is 10.1 Å². The number of carbonyl (C=O) groups excluding carboxylic acids is 1. The number of alkyl carbamates (subject to hydrolysis) is 1. The third kappa shape index (κ3) is 9.33. The summed E-state index contributed by atoms with van der Waals surface area (Å²) in [6.07, 6.45) is 9.90. The maximum Gasteiger partial charge on any atom is 0.407 e. The van der Waals surface area contributed by atoms with Gasteiger partial charge in [-0.2, -0.15) is 0 Å². The summed E-state index contributed by atoms with van der Waals surface area (Å²) in [5.41, 5.74) is 1.97. The van der Waals surface area contributed by atoms with E-state index in [4.69, 9.17) is 4.74 Å². The first-order valence-corrected chi connectivity index (χ1v) is 11.2. The molecule has 0 aliphatic heterocycles. The summed E-state index contributed by atoms with van der Waals surface area (Å²) in [5.74, 6) is 0. The lowest BCUT2D eigenvalue weighted by Gasteiger charge is -2.19. The van der Waals surface area contributed by atoms with Crippen molar-refractivity contribution in [2.75, 3.05) is 6.54 Å². The van der Waals surface area contributed by atoms with Crippen LogP contribution in [-0.4, -0.2) is 23.2 Å². The van der Waals surface area contributed by atoms with Crippen molar-refractivity contribution >= 4 is 17.9 Å². The van der Waals surface area contributed by atoms with Crippen LogP contribution in [0.3, 0.4) is 0 Å². The molecule has 1 amide bonds. The Morgan fingerprint density at radius 2 is 1.72 bits per heavy atom. The van der Waals surface area contributed by atoms with Crippen LogP contribution >= 0.6 is 0 Å². The number of ether oxygens (including phenoxy) is 1. The Kier molecular flexibility index (Phi) is 9.92. The van der Waals surface area contributed by atoms with Crippen LogP contribution in [0.25, 0.3) is 17.2 Å². The van der Waals surface area contributed by atoms with Gasteiger partial charge in [0.25, 0.3) is 5.69 Å². The lowest BCUT2D eigenvalue weighted by atomic mass is 10.0. The summed E-state index contributed by atoms with van der Waals surface area (Å²) in [7, 11) is 0. The van der Waals surface area contributed by atoms with E-state index in [1.165, 1.54) is 0 Å². The molecule has 32 heavy (non-hydrogen) atoms. The van der Waals surface area contributed by atoms with E-state index in [1.807, 2.05) is 69.3 Å². The number of hydrogen-bond donors (Lipinski definition) is 1. The molecule has 1 N–H and O–H groups in total. The molecule has 0 heterocycles. The van der Waals surface area contributed by atoms with Gasteiger partial charge in [-0.1, -0.05) is 67.8 Å². The lowest BCUT2D eigenvalue weighted by molar-refractivity contribution is -0.384. The third-order valence-corrected chi connectivity index (χ3v) is 4.83. The van der Waals surface area contributed by atoms with E-state index >= 15 is 0 Å². The molecule has 0 fully saturated rings. The SMILES string of the molecule is CC(C)(C)OC(=O)NCCCCCCCC=Cc1ccc(-c2ccccc2)c([N+](=O)[O-])c1. The predicted molar refractivity (Wildman–Crippen MR) is 130 cm³/mol. The highest BCUT2D eigenvalue weighted by atomic mass is 16.6. The first-order chi connectivity index (χ1) is 15.3. The van der Waals surface area contributed by atoms with E-state index in [1.54, 1.807) is 6.07 Å². The van der Waals surface area contributed by atoms with Gasteiger partial charge >= 0.3 is 6.09 Å². The van der Waals surface area contributed by atoms with Gasteiger partial charge in [-0.05, 0) is 57.2 Å². The lowest BCUT2D eigenvalue weighted by Crippen LogP contribution is -2.32. The zero-order chi connectivity index (χ0) is 23.4. The van der Waals surface area contributed by atoms with Gasteiger partial charge in [0.05, 0.1) is 10.5 Å². The van der Waals surface area contributed by atoms with Crippen molar-refractivity contribution in [3.8, 4) is 11.1 Å². The number of nitrogens with one attached hydrogen (secondary N) is 1. The Bertz CT molecular complexity index is 902. The molecule has 0 aliphatic rings. The first kappa shape index (κ1) is 25.1. The van der Waals surface area contributed by atoms with Crippen molar-refractivity contribution in [1.29, 1.82) is 0 Å². The Morgan fingerprint density at radius 1 is 1.03 bits per heavy atom. The molecule has 0 saturated carbocycles. The van der Waals surface area contributed by atoms with Crippen molar-refractivity contribution in [1.82, 2.24) is 5.32 Å². The first-order valence-electron chi connectivity index (χ1n) is 11.2. The van der Waals surface area contributed by atoms with Gasteiger partial charge in [0.2, 0.25) is 0 Å². The van der Waals surface area contributed by atoms with Crippen molar-refractivity contribution < 1.29 is 14.5 Å². The van der Waals surface area contributed by atoms with Crippen molar-refractivity contribution in [2.45, 2.75) is 64.9 Å². The summed E-state index contributed by atoms with van der Waals surface area (Å²) < 4.78 is 5.20. The number of nitro benzene ring substituents is 1. The second kappa shape index (κ2) is 12.6. The molecule has 0 aromatic heterocycles. The van der Waals surface area contributed by atoms with Crippen LogP contribution in [0.1, 0.15) is 64.9 Å². The van der Waals surface area contributed by atoms with Gasteiger partial charge < -0.3 is 10.1 Å². The number of unbranched alkanes of at least 4 members (excludes halogenated alkanes) is 5. The average molecular weight is 439 g/mol. The molecular formula is C26H34N2O4. The van der Waals surface area contributed by atoms with E-state index in [-0.39, 0.29) is 16.7 Å². The highest BCUT2D eigenvalue weighted by Crippen LogP contribution is 2.31. The number of hydrogen-bond acceptors (Lipinski definition) is 4. The second-order valence-electron chi connectivity index (χ2n) is 8.79. The van der Waals surface area contributed by atoms with Gasteiger partial charge in [0.15, 0.2) is 0 Å². The van der Waals surface area contributed by atoms with Crippen LogP contribution < -0.4 is 5.32 Å². The predicted octanol–water partition coefficient (Wildman–Crippen LogP) is 7.14. The number of benzene rings is 2. The zero-order valence-electron chi connectivity index (χ0n) is 19.3. The van der Waals surface area contributed by atoms with E-state index in [9.17, 15) is 14.9 Å². The fourth-order valence-corrected chi connectivity index (χ4v) is 3.31. The number of carbonyl (C=O) groups is 1. The zero-order valence-corrected chi connectivity index (χ0v) is 19.3. The maximum absolute atomic E-state index is 11.6. The molecular weight excluding hydrogens is 404 g/mol. The van der Waals surface area contributed by atoms with Gasteiger partial charge in [0.1, 0.15) is 5.60 Å². The molecule has 0 saturated heterocycles. The highest BCUT2D eigenvalue weighted by Gasteiger charge is 2.16. The molecule has 2 rings (SSSR count). The molecule has 0 unspecified atom stereocenters.